The van der Waals surface area contributed by atoms with E-state index in [1.807, 2.05) is 11.9 Å². The molecule has 2 atom stereocenters. The zero-order valence-corrected chi connectivity index (χ0v) is 29.5. The fraction of sp³-hybridized carbons (Fsp3) is 0.500. The molecular weight excluding hydrogens is 669 g/mol. The zero-order valence-electron chi connectivity index (χ0n) is 27.8. The second-order valence-electron chi connectivity index (χ2n) is 13.4. The molecule has 2 aromatic carbocycles. The first-order valence-corrected chi connectivity index (χ1v) is 19.0. The Morgan fingerprint density at radius 3 is 2.50 bits per heavy atom. The number of ether oxygens (including phenoxy) is 3. The molecular formula is C34H40F4N3O5PS. The third-order valence-corrected chi connectivity index (χ3v) is 10.8. The number of hydrogen-bond acceptors (Lipinski definition) is 8. The van der Waals surface area contributed by atoms with Gasteiger partial charge in [-0.1, -0.05) is 24.0 Å². The molecule has 0 saturated carbocycles. The van der Waals surface area contributed by atoms with Gasteiger partial charge in [0.05, 0.1) is 38.7 Å². The highest BCUT2D eigenvalue weighted by Gasteiger charge is 2.36. The van der Waals surface area contributed by atoms with Gasteiger partial charge in [0.15, 0.2) is 18.1 Å². The largest absolute Gasteiger partial charge is 0.485 e. The van der Waals surface area contributed by atoms with E-state index in [1.165, 1.54) is 4.90 Å². The maximum Gasteiger partial charge on any atom is 0.415 e. The number of anilines is 2. The Balaban J connectivity index is 1.41. The van der Waals surface area contributed by atoms with Gasteiger partial charge in [0.25, 0.3) is 0 Å². The number of halogens is 4. The first-order chi connectivity index (χ1) is 22.4. The van der Waals surface area contributed by atoms with Crippen LogP contribution in [0.5, 0.6) is 11.5 Å². The molecule has 0 unspecified atom stereocenters. The minimum atomic E-state index is -4.49. The van der Waals surface area contributed by atoms with Crippen LogP contribution in [-0.4, -0.2) is 88.2 Å². The van der Waals surface area contributed by atoms with Crippen molar-refractivity contribution in [2.75, 3.05) is 63.5 Å². The number of thiophene rings is 1. The number of benzene rings is 2. The summed E-state index contributed by atoms with van der Waals surface area (Å²) in [4.78, 5) is 17.0. The van der Waals surface area contributed by atoms with Crippen LogP contribution in [0.25, 0.3) is 10.1 Å². The first-order valence-electron chi connectivity index (χ1n) is 15.6. The molecule has 8 nitrogen and oxygen atoms in total. The Hall–Kier alpha value is -3.46. The number of fused-ring (bicyclic) bond motifs is 2. The Morgan fingerprint density at radius 2 is 1.85 bits per heavy atom. The number of alkyl halides is 4. The maximum atomic E-state index is 14.8. The van der Waals surface area contributed by atoms with E-state index in [-0.39, 0.29) is 35.9 Å². The van der Waals surface area contributed by atoms with Gasteiger partial charge in [-0.05, 0) is 76.7 Å². The second kappa shape index (κ2) is 13.8. The van der Waals surface area contributed by atoms with Crippen molar-refractivity contribution in [3.63, 3.8) is 0 Å². The van der Waals surface area contributed by atoms with Gasteiger partial charge in [0, 0.05) is 18.6 Å². The molecule has 3 heterocycles. The monoisotopic (exact) mass is 709 g/mol. The van der Waals surface area contributed by atoms with Gasteiger partial charge in [-0.15, -0.1) is 11.3 Å². The van der Waals surface area contributed by atoms with E-state index in [9.17, 15) is 26.9 Å². The second-order valence-corrected chi connectivity index (χ2v) is 17.6. The minimum absolute atomic E-state index is 0.0227. The van der Waals surface area contributed by atoms with Crippen molar-refractivity contribution in [3.8, 4) is 23.3 Å². The standard InChI is InChI=1S/C34H40F4N3O5PS/c1-33(2,3)41(26-12-13-27(47(5,6)43)30-29(26)44-17-18-45-30)32(42)46-16-8-11-28-22(19-34(36,37)38)21-9-7-10-25(31(21)48-28)39-24-14-15-40(4)20-23(24)35/h7,9-10,12-13,23-24,39H,14-20H2,1-6H3/t23-,24+/m0/s1. The maximum absolute atomic E-state index is 14.8. The van der Waals surface area contributed by atoms with E-state index >= 15 is 0 Å². The van der Waals surface area contributed by atoms with Crippen molar-refractivity contribution in [1.29, 1.82) is 0 Å². The molecule has 1 saturated heterocycles. The molecule has 1 fully saturated rings. The van der Waals surface area contributed by atoms with Gasteiger partial charge >= 0.3 is 12.3 Å². The summed E-state index contributed by atoms with van der Waals surface area (Å²) < 4.78 is 86.8. The molecule has 48 heavy (non-hydrogen) atoms. The molecule has 0 aliphatic carbocycles. The Labute approximate surface area is 282 Å². The lowest BCUT2D eigenvalue weighted by molar-refractivity contribution is -0.126. The number of rotatable bonds is 6. The summed E-state index contributed by atoms with van der Waals surface area (Å²) in [5.41, 5.74) is 0.143. The molecule has 14 heteroatoms. The minimum Gasteiger partial charge on any atom is -0.485 e. The Morgan fingerprint density at radius 1 is 1.15 bits per heavy atom. The molecule has 0 radical (unpaired) electrons. The first kappa shape index (κ1) is 35.8. The highest BCUT2D eigenvalue weighted by atomic mass is 32.1. The Bertz CT molecular complexity index is 1790. The average molecular weight is 710 g/mol. The van der Waals surface area contributed by atoms with E-state index < -0.39 is 50.2 Å². The van der Waals surface area contributed by atoms with Crippen molar-refractivity contribution < 1.29 is 41.1 Å². The van der Waals surface area contributed by atoms with Crippen molar-refractivity contribution >= 4 is 51.3 Å². The predicted molar refractivity (Wildman–Crippen MR) is 183 cm³/mol. The van der Waals surface area contributed by atoms with Crippen LogP contribution in [0, 0.1) is 11.8 Å². The molecule has 3 aromatic rings. The van der Waals surface area contributed by atoms with Crippen molar-refractivity contribution in [2.45, 2.75) is 57.5 Å². The van der Waals surface area contributed by atoms with Crippen LogP contribution in [0.15, 0.2) is 30.3 Å². The molecule has 2 aliphatic rings. The summed E-state index contributed by atoms with van der Waals surface area (Å²) >= 11 is 1.09. The summed E-state index contributed by atoms with van der Waals surface area (Å²) in [7, 11) is -0.893. The van der Waals surface area contributed by atoms with Crippen LogP contribution in [0.2, 0.25) is 0 Å². The van der Waals surface area contributed by atoms with Crippen molar-refractivity contribution in [3.05, 3.63) is 40.8 Å². The lowest BCUT2D eigenvalue weighted by Crippen LogP contribution is -2.46. The Kier molecular flexibility index (Phi) is 10.3. The molecule has 260 valence electrons. The predicted octanol–water partition coefficient (Wildman–Crippen LogP) is 7.27. The summed E-state index contributed by atoms with van der Waals surface area (Å²) in [5.74, 6) is 6.14. The van der Waals surface area contributed by atoms with Gasteiger partial charge in [-0.3, -0.25) is 4.90 Å². The van der Waals surface area contributed by atoms with E-state index in [0.717, 1.165) is 11.3 Å². The van der Waals surface area contributed by atoms with Gasteiger partial charge in [-0.25, -0.2) is 9.18 Å². The molecule has 1 N–H and O–H groups in total. The number of hydrogen-bond donors (Lipinski definition) is 1. The third-order valence-electron chi connectivity index (χ3n) is 8.07. The molecule has 5 rings (SSSR count). The molecule has 2 aliphatic heterocycles. The van der Waals surface area contributed by atoms with Gasteiger partial charge < -0.3 is 29.0 Å². The average Bonchev–Trinajstić information content (AvgIpc) is 3.32. The third kappa shape index (κ3) is 8.04. The van der Waals surface area contributed by atoms with Crippen LogP contribution in [0.1, 0.15) is 37.6 Å². The number of amides is 1. The van der Waals surface area contributed by atoms with Gasteiger partial charge in [-0.2, -0.15) is 13.2 Å². The van der Waals surface area contributed by atoms with E-state index in [4.69, 9.17) is 14.2 Å². The highest BCUT2D eigenvalue weighted by molar-refractivity contribution is 7.70. The SMILES string of the molecule is CN1CC[C@@H](Nc2cccc3c(CC(F)(F)F)c(C#CCOC(=O)N(c4ccc(P(C)(C)=O)c5c4OCCO5)C(C)(C)C)sc23)[C@@H](F)C1. The quantitative estimate of drug-likeness (QED) is 0.164. The lowest BCUT2D eigenvalue weighted by Gasteiger charge is -2.37. The fourth-order valence-corrected chi connectivity index (χ4v) is 8.16. The number of carbonyl (C=O) groups excluding carboxylic acids is 1. The van der Waals surface area contributed by atoms with E-state index in [1.54, 1.807) is 64.4 Å². The lowest BCUT2D eigenvalue weighted by atomic mass is 10.0. The highest BCUT2D eigenvalue weighted by Crippen LogP contribution is 2.48. The van der Waals surface area contributed by atoms with Gasteiger partial charge in [0.2, 0.25) is 0 Å². The van der Waals surface area contributed by atoms with Gasteiger partial charge in [0.1, 0.15) is 26.5 Å². The van der Waals surface area contributed by atoms with Crippen LogP contribution in [0.3, 0.4) is 0 Å². The number of nitrogens with one attached hydrogen (secondary N) is 1. The summed E-state index contributed by atoms with van der Waals surface area (Å²) in [6, 6.07) is 7.83. The van der Waals surface area contributed by atoms with Crippen LogP contribution < -0.4 is 25.0 Å². The molecule has 0 bridgehead atoms. The smallest absolute Gasteiger partial charge is 0.415 e. The summed E-state index contributed by atoms with van der Waals surface area (Å²) in [5, 5.41) is 4.12. The normalized spacial score (nSPS) is 18.6. The van der Waals surface area contributed by atoms with Crippen LogP contribution >= 0.6 is 18.5 Å². The molecule has 0 spiro atoms. The van der Waals surface area contributed by atoms with E-state index in [0.29, 0.717) is 45.5 Å². The summed E-state index contributed by atoms with van der Waals surface area (Å²) in [6.45, 7) is 9.73. The van der Waals surface area contributed by atoms with Crippen molar-refractivity contribution in [1.82, 2.24) is 4.90 Å². The van der Waals surface area contributed by atoms with E-state index in [2.05, 4.69) is 17.2 Å². The number of likely N-dealkylation sites (tertiary alicyclic amines) is 1. The van der Waals surface area contributed by atoms with Crippen LogP contribution in [-0.2, 0) is 15.7 Å². The number of piperidine rings is 1. The zero-order chi connectivity index (χ0) is 35.0. The van der Waals surface area contributed by atoms with Crippen LogP contribution in [0.4, 0.5) is 33.7 Å². The molecule has 1 amide bonds. The topological polar surface area (TPSA) is 80.3 Å². The summed E-state index contributed by atoms with van der Waals surface area (Å²) in [6.07, 6.45) is -7.01. The number of nitrogens with zero attached hydrogens (tertiary/aromatic N) is 2. The number of carbonyl (C=O) groups is 1. The molecule has 1 aromatic heterocycles. The van der Waals surface area contributed by atoms with Crippen molar-refractivity contribution in [2.24, 2.45) is 0 Å². The fourth-order valence-electron chi connectivity index (χ4n) is 5.90.